The number of hydrogen-bond acceptors (Lipinski definition) is 2. The van der Waals surface area contributed by atoms with Crippen LogP contribution in [0.5, 0.6) is 0 Å². The van der Waals surface area contributed by atoms with E-state index in [2.05, 4.69) is 5.32 Å². The minimum absolute atomic E-state index is 0.105. The van der Waals surface area contributed by atoms with E-state index in [0.717, 1.165) is 30.3 Å². The van der Waals surface area contributed by atoms with Gasteiger partial charge in [0, 0.05) is 17.8 Å². The molecule has 1 N–H and O–H groups in total. The van der Waals surface area contributed by atoms with E-state index in [1.807, 2.05) is 36.1 Å². The average Bonchev–Trinajstić information content (AvgIpc) is 2.79. The summed E-state index contributed by atoms with van der Waals surface area (Å²) in [6.07, 6.45) is 0.873. The van der Waals surface area contributed by atoms with Crippen LogP contribution in [0.1, 0.15) is 12.5 Å². The highest BCUT2D eigenvalue weighted by Gasteiger charge is 2.27. The van der Waals surface area contributed by atoms with Crippen LogP contribution in [-0.4, -0.2) is 18.5 Å². The molecule has 3 rings (SSSR count). The normalized spacial score (nSPS) is 16.5. The number of fused-ring (bicyclic) bond motifs is 1. The third-order valence-corrected chi connectivity index (χ3v) is 3.86. The molecule has 22 heavy (non-hydrogen) atoms. The first-order chi connectivity index (χ1) is 10.5. The highest BCUT2D eigenvalue weighted by Crippen LogP contribution is 2.31. The molecule has 1 aliphatic heterocycles. The molecule has 0 radical (unpaired) electrons. The first kappa shape index (κ1) is 14.5. The number of rotatable bonds is 3. The average molecular weight is 302 g/mol. The van der Waals surface area contributed by atoms with Gasteiger partial charge in [0.2, 0.25) is 5.91 Å². The summed E-state index contributed by atoms with van der Waals surface area (Å²) in [5.74, 6) is -1.60. The van der Waals surface area contributed by atoms with Crippen molar-refractivity contribution in [1.82, 2.24) is 0 Å². The molecule has 0 spiro atoms. The van der Waals surface area contributed by atoms with Crippen molar-refractivity contribution in [3.05, 3.63) is 59.7 Å². The smallest absolute Gasteiger partial charge is 0.243 e. The van der Waals surface area contributed by atoms with E-state index in [9.17, 15) is 13.6 Å². The zero-order valence-corrected chi connectivity index (χ0v) is 12.1. The summed E-state index contributed by atoms with van der Waals surface area (Å²) in [7, 11) is 0. The maximum absolute atomic E-state index is 13.6. The molecule has 0 fully saturated rings. The van der Waals surface area contributed by atoms with Gasteiger partial charge in [-0.15, -0.1) is 0 Å². The number of nitrogens with one attached hydrogen (secondary N) is 1. The molecule has 114 valence electrons. The molecular formula is C17H16F2N2O. The molecule has 0 saturated carbocycles. The Morgan fingerprint density at radius 2 is 2.05 bits per heavy atom. The molecule has 3 nitrogen and oxygen atoms in total. The minimum Gasteiger partial charge on any atom is -0.359 e. The standard InChI is InChI=1S/C17H16F2N2O/c1-11-8-12-4-2-3-5-16(12)21(11)10-17(22)20-15-9-13(18)6-7-14(15)19/h2-7,9,11H,8,10H2,1H3,(H,20,22). The molecule has 0 bridgehead atoms. The van der Waals surface area contributed by atoms with Crippen LogP contribution in [0.3, 0.4) is 0 Å². The Morgan fingerprint density at radius 3 is 2.86 bits per heavy atom. The van der Waals surface area contributed by atoms with E-state index in [1.165, 1.54) is 5.56 Å². The lowest BCUT2D eigenvalue weighted by Gasteiger charge is -2.24. The van der Waals surface area contributed by atoms with Gasteiger partial charge in [-0.3, -0.25) is 4.79 Å². The summed E-state index contributed by atoms with van der Waals surface area (Å²) in [5, 5.41) is 2.43. The fourth-order valence-corrected chi connectivity index (χ4v) is 2.81. The summed E-state index contributed by atoms with van der Waals surface area (Å²) in [6.45, 7) is 2.14. The van der Waals surface area contributed by atoms with Crippen molar-refractivity contribution in [3.63, 3.8) is 0 Å². The van der Waals surface area contributed by atoms with Crippen molar-refractivity contribution >= 4 is 17.3 Å². The summed E-state index contributed by atoms with van der Waals surface area (Å²) in [4.78, 5) is 14.1. The molecule has 1 amide bonds. The number of amides is 1. The number of anilines is 2. The van der Waals surface area contributed by atoms with Crippen LogP contribution in [0, 0.1) is 11.6 Å². The minimum atomic E-state index is -0.648. The quantitative estimate of drug-likeness (QED) is 0.943. The summed E-state index contributed by atoms with van der Waals surface area (Å²) >= 11 is 0. The van der Waals surface area contributed by atoms with Crippen LogP contribution < -0.4 is 10.2 Å². The lowest BCUT2D eigenvalue weighted by atomic mass is 10.1. The zero-order chi connectivity index (χ0) is 15.7. The zero-order valence-electron chi connectivity index (χ0n) is 12.1. The van der Waals surface area contributed by atoms with Crippen molar-refractivity contribution in [2.24, 2.45) is 0 Å². The molecule has 1 unspecified atom stereocenters. The molecule has 2 aromatic carbocycles. The predicted octanol–water partition coefficient (Wildman–Crippen LogP) is 3.35. The molecule has 1 aliphatic rings. The molecule has 1 heterocycles. The molecule has 0 saturated heterocycles. The molecule has 0 aromatic heterocycles. The van der Waals surface area contributed by atoms with Gasteiger partial charge in [0.05, 0.1) is 12.2 Å². The van der Waals surface area contributed by atoms with Crippen molar-refractivity contribution in [3.8, 4) is 0 Å². The Hall–Kier alpha value is -2.43. The number of hydrogen-bond donors (Lipinski definition) is 1. The fourth-order valence-electron chi connectivity index (χ4n) is 2.81. The van der Waals surface area contributed by atoms with Crippen molar-refractivity contribution in [1.29, 1.82) is 0 Å². The molecular weight excluding hydrogens is 286 g/mol. The SMILES string of the molecule is CC1Cc2ccccc2N1CC(=O)Nc1cc(F)ccc1F. The van der Waals surface area contributed by atoms with Crippen molar-refractivity contribution < 1.29 is 13.6 Å². The van der Waals surface area contributed by atoms with E-state index in [-0.39, 0.29) is 24.2 Å². The van der Waals surface area contributed by atoms with Crippen LogP contribution in [0.2, 0.25) is 0 Å². The van der Waals surface area contributed by atoms with E-state index < -0.39 is 11.6 Å². The largest absolute Gasteiger partial charge is 0.359 e. The van der Waals surface area contributed by atoms with E-state index in [4.69, 9.17) is 0 Å². The topological polar surface area (TPSA) is 32.3 Å². The maximum Gasteiger partial charge on any atom is 0.243 e. The number of nitrogens with zero attached hydrogens (tertiary/aromatic N) is 1. The monoisotopic (exact) mass is 302 g/mol. The van der Waals surface area contributed by atoms with Crippen LogP contribution >= 0.6 is 0 Å². The van der Waals surface area contributed by atoms with Gasteiger partial charge in [-0.25, -0.2) is 8.78 Å². The van der Waals surface area contributed by atoms with Crippen LogP contribution in [-0.2, 0) is 11.2 Å². The Balaban J connectivity index is 1.73. The second-order valence-electron chi connectivity index (χ2n) is 5.48. The summed E-state index contributed by atoms with van der Waals surface area (Å²) in [5.41, 5.74) is 2.08. The maximum atomic E-state index is 13.6. The van der Waals surface area contributed by atoms with Gasteiger partial charge in [-0.2, -0.15) is 0 Å². The first-order valence-electron chi connectivity index (χ1n) is 7.14. The molecule has 5 heteroatoms. The van der Waals surface area contributed by atoms with E-state index in [0.29, 0.717) is 0 Å². The van der Waals surface area contributed by atoms with Crippen LogP contribution in [0.25, 0.3) is 0 Å². The Morgan fingerprint density at radius 1 is 1.27 bits per heavy atom. The van der Waals surface area contributed by atoms with Gasteiger partial charge < -0.3 is 10.2 Å². The highest BCUT2D eigenvalue weighted by atomic mass is 19.1. The van der Waals surface area contributed by atoms with Crippen molar-refractivity contribution in [2.75, 3.05) is 16.8 Å². The summed E-state index contributed by atoms with van der Waals surface area (Å²) < 4.78 is 26.7. The van der Waals surface area contributed by atoms with Gasteiger partial charge in [-0.05, 0) is 37.1 Å². The lowest BCUT2D eigenvalue weighted by molar-refractivity contribution is -0.115. The van der Waals surface area contributed by atoms with Crippen molar-refractivity contribution in [2.45, 2.75) is 19.4 Å². The molecule has 0 aliphatic carbocycles. The van der Waals surface area contributed by atoms with Gasteiger partial charge in [-0.1, -0.05) is 18.2 Å². The number of benzene rings is 2. The lowest BCUT2D eigenvalue weighted by Crippen LogP contribution is -2.37. The third kappa shape index (κ3) is 2.79. The van der Waals surface area contributed by atoms with Crippen LogP contribution in [0.4, 0.5) is 20.2 Å². The van der Waals surface area contributed by atoms with Gasteiger partial charge in [0.1, 0.15) is 11.6 Å². The van der Waals surface area contributed by atoms with Crippen LogP contribution in [0.15, 0.2) is 42.5 Å². The second kappa shape index (κ2) is 5.75. The van der Waals surface area contributed by atoms with Gasteiger partial charge in [0.15, 0.2) is 0 Å². The van der Waals surface area contributed by atoms with Gasteiger partial charge >= 0.3 is 0 Å². The summed E-state index contributed by atoms with van der Waals surface area (Å²) in [6, 6.07) is 11.1. The Kier molecular flexibility index (Phi) is 3.79. The predicted molar refractivity (Wildman–Crippen MR) is 81.9 cm³/mol. The highest BCUT2D eigenvalue weighted by molar-refractivity contribution is 5.94. The second-order valence-corrected chi connectivity index (χ2v) is 5.48. The molecule has 2 aromatic rings. The number of carbonyl (C=O) groups is 1. The number of halogens is 2. The Labute approximate surface area is 127 Å². The van der Waals surface area contributed by atoms with E-state index >= 15 is 0 Å². The molecule has 1 atom stereocenters. The fraction of sp³-hybridized carbons (Fsp3) is 0.235. The number of para-hydroxylation sites is 1. The van der Waals surface area contributed by atoms with Gasteiger partial charge in [0.25, 0.3) is 0 Å². The number of carbonyl (C=O) groups excluding carboxylic acids is 1. The third-order valence-electron chi connectivity index (χ3n) is 3.86. The Bertz CT molecular complexity index is 718. The first-order valence-corrected chi connectivity index (χ1v) is 7.14. The van der Waals surface area contributed by atoms with E-state index in [1.54, 1.807) is 0 Å².